The number of rotatable bonds is 2. The van der Waals surface area contributed by atoms with Crippen LogP contribution in [0, 0.1) is 11.8 Å². The van der Waals surface area contributed by atoms with Gasteiger partial charge < -0.3 is 4.74 Å². The molecule has 1 fully saturated rings. The molecule has 0 spiro atoms. The van der Waals surface area contributed by atoms with Crippen molar-refractivity contribution in [1.29, 1.82) is 0 Å². The zero-order valence-electron chi connectivity index (χ0n) is 12.7. The van der Waals surface area contributed by atoms with Gasteiger partial charge in [0.25, 0.3) is 0 Å². The lowest BCUT2D eigenvalue weighted by atomic mass is 9.78. The number of carbonyl (C=O) groups excluding carboxylic acids is 2. The van der Waals surface area contributed by atoms with Crippen LogP contribution in [0.15, 0.2) is 59.0 Å². The van der Waals surface area contributed by atoms with Gasteiger partial charge in [0, 0.05) is 11.9 Å². The van der Waals surface area contributed by atoms with Crippen molar-refractivity contribution in [3.63, 3.8) is 0 Å². The molecule has 23 heavy (non-hydrogen) atoms. The van der Waals surface area contributed by atoms with Gasteiger partial charge in [-0.05, 0) is 30.2 Å². The molecular weight excluding hydrogens is 310 g/mol. The lowest BCUT2D eigenvalue weighted by molar-refractivity contribution is -0.139. The van der Waals surface area contributed by atoms with Gasteiger partial charge in [0.1, 0.15) is 5.44 Å². The SMILES string of the molecule is CN1C(=O)[C@@H]2[C@@H](CC=C3C=C[C@H](Sc4ccccc4)O[C@@H]32)C1=O. The van der Waals surface area contributed by atoms with E-state index in [0.29, 0.717) is 6.42 Å². The molecule has 2 heterocycles. The van der Waals surface area contributed by atoms with E-state index in [1.165, 1.54) is 4.90 Å². The molecular formula is C18H17NO3S. The van der Waals surface area contributed by atoms with Gasteiger partial charge in [0.2, 0.25) is 11.8 Å². The zero-order valence-corrected chi connectivity index (χ0v) is 13.5. The Labute approximate surface area is 139 Å². The summed E-state index contributed by atoms with van der Waals surface area (Å²) in [6, 6.07) is 10.0. The van der Waals surface area contributed by atoms with Crippen LogP contribution in [0.5, 0.6) is 0 Å². The first-order chi connectivity index (χ1) is 11.1. The summed E-state index contributed by atoms with van der Waals surface area (Å²) in [5.41, 5.74) is 0.875. The summed E-state index contributed by atoms with van der Waals surface area (Å²) in [7, 11) is 1.57. The van der Waals surface area contributed by atoms with Gasteiger partial charge in [-0.3, -0.25) is 14.5 Å². The Balaban J connectivity index is 1.58. The summed E-state index contributed by atoms with van der Waals surface area (Å²) in [6.45, 7) is 0. The molecule has 0 aromatic heterocycles. The van der Waals surface area contributed by atoms with Gasteiger partial charge in [-0.15, -0.1) is 0 Å². The quantitative estimate of drug-likeness (QED) is 0.784. The molecule has 4 atom stereocenters. The Hall–Kier alpha value is -1.85. The van der Waals surface area contributed by atoms with Crippen LogP contribution >= 0.6 is 11.8 Å². The highest BCUT2D eigenvalue weighted by molar-refractivity contribution is 8.00. The molecule has 1 saturated heterocycles. The number of amides is 2. The molecule has 4 nitrogen and oxygen atoms in total. The monoisotopic (exact) mass is 327 g/mol. The highest BCUT2D eigenvalue weighted by atomic mass is 32.2. The van der Waals surface area contributed by atoms with Crippen molar-refractivity contribution in [2.75, 3.05) is 7.05 Å². The zero-order chi connectivity index (χ0) is 16.0. The van der Waals surface area contributed by atoms with Gasteiger partial charge in [-0.1, -0.05) is 42.1 Å². The van der Waals surface area contributed by atoms with E-state index in [1.807, 2.05) is 48.6 Å². The predicted molar refractivity (Wildman–Crippen MR) is 87.6 cm³/mol. The van der Waals surface area contributed by atoms with Crippen molar-refractivity contribution in [2.45, 2.75) is 22.9 Å². The first-order valence-electron chi connectivity index (χ1n) is 7.72. The number of ether oxygens (including phenoxy) is 1. The standard InChI is InChI=1S/C18H17NO3S/c1-19-17(20)13-9-7-11-8-10-14(22-16(11)15(13)18(19)21)23-12-5-3-2-4-6-12/h2-8,10,13-16H,9H2,1H3/t13-,14+,15-,16+/m1/s1. The van der Waals surface area contributed by atoms with Crippen molar-refractivity contribution in [3.8, 4) is 0 Å². The second-order valence-corrected chi connectivity index (χ2v) is 7.19. The number of hydrogen-bond acceptors (Lipinski definition) is 4. The predicted octanol–water partition coefficient (Wildman–Crippen LogP) is 2.62. The summed E-state index contributed by atoms with van der Waals surface area (Å²) in [5.74, 6) is -0.846. The minimum atomic E-state index is -0.378. The number of carbonyl (C=O) groups is 2. The Morgan fingerprint density at radius 1 is 1.17 bits per heavy atom. The highest BCUT2D eigenvalue weighted by Crippen LogP contribution is 2.43. The van der Waals surface area contributed by atoms with E-state index in [0.717, 1.165) is 10.5 Å². The van der Waals surface area contributed by atoms with E-state index in [-0.39, 0.29) is 35.2 Å². The summed E-state index contributed by atoms with van der Waals surface area (Å²) >= 11 is 1.61. The minimum Gasteiger partial charge on any atom is -0.354 e. The van der Waals surface area contributed by atoms with Gasteiger partial charge in [-0.25, -0.2) is 0 Å². The van der Waals surface area contributed by atoms with E-state index >= 15 is 0 Å². The molecule has 1 aromatic carbocycles. The first-order valence-corrected chi connectivity index (χ1v) is 8.60. The third kappa shape index (κ3) is 2.44. The van der Waals surface area contributed by atoms with Crippen LogP contribution in [-0.2, 0) is 14.3 Å². The van der Waals surface area contributed by atoms with Gasteiger partial charge in [0.15, 0.2) is 0 Å². The number of nitrogens with zero attached hydrogens (tertiary/aromatic N) is 1. The number of likely N-dealkylation sites (tertiary alicyclic amines) is 1. The molecule has 0 radical (unpaired) electrons. The van der Waals surface area contributed by atoms with Crippen LogP contribution in [0.2, 0.25) is 0 Å². The van der Waals surface area contributed by atoms with Crippen LogP contribution in [-0.4, -0.2) is 35.3 Å². The van der Waals surface area contributed by atoms with Crippen molar-refractivity contribution in [1.82, 2.24) is 4.90 Å². The molecule has 2 aliphatic heterocycles. The maximum absolute atomic E-state index is 12.4. The average Bonchev–Trinajstić information content (AvgIpc) is 2.80. The molecule has 0 saturated carbocycles. The number of hydrogen-bond donors (Lipinski definition) is 0. The molecule has 0 unspecified atom stereocenters. The van der Waals surface area contributed by atoms with Crippen molar-refractivity contribution >= 4 is 23.6 Å². The fourth-order valence-corrected chi connectivity index (χ4v) is 4.40. The Bertz CT molecular complexity index is 712. The van der Waals surface area contributed by atoms with Gasteiger partial charge in [-0.2, -0.15) is 0 Å². The number of benzene rings is 1. The topological polar surface area (TPSA) is 46.6 Å². The van der Waals surface area contributed by atoms with Crippen molar-refractivity contribution < 1.29 is 14.3 Å². The maximum atomic E-state index is 12.4. The van der Waals surface area contributed by atoms with Crippen LogP contribution < -0.4 is 0 Å². The molecule has 118 valence electrons. The summed E-state index contributed by atoms with van der Waals surface area (Å²) in [6.07, 6.45) is 6.40. The van der Waals surface area contributed by atoms with E-state index < -0.39 is 0 Å². The van der Waals surface area contributed by atoms with Crippen LogP contribution in [0.4, 0.5) is 0 Å². The maximum Gasteiger partial charge on any atom is 0.235 e. The normalized spacial score (nSPS) is 32.6. The largest absolute Gasteiger partial charge is 0.354 e. The highest BCUT2D eigenvalue weighted by Gasteiger charge is 2.52. The summed E-state index contributed by atoms with van der Waals surface area (Å²) in [5, 5.41) is 0. The fraction of sp³-hybridized carbons (Fsp3) is 0.333. The van der Waals surface area contributed by atoms with Crippen molar-refractivity contribution in [2.24, 2.45) is 11.8 Å². The van der Waals surface area contributed by atoms with Crippen LogP contribution in [0.1, 0.15) is 6.42 Å². The lowest BCUT2D eigenvalue weighted by Crippen LogP contribution is -2.40. The molecule has 0 N–H and O–H groups in total. The Morgan fingerprint density at radius 3 is 2.74 bits per heavy atom. The molecule has 1 aliphatic carbocycles. The number of fused-ring (bicyclic) bond motifs is 3. The number of thioether (sulfide) groups is 1. The van der Waals surface area contributed by atoms with Crippen molar-refractivity contribution in [3.05, 3.63) is 54.1 Å². The third-order valence-corrected chi connectivity index (χ3v) is 5.73. The minimum absolute atomic E-state index is 0.0827. The van der Waals surface area contributed by atoms with E-state index in [4.69, 9.17) is 4.74 Å². The van der Waals surface area contributed by atoms with Crippen LogP contribution in [0.3, 0.4) is 0 Å². The van der Waals surface area contributed by atoms with Gasteiger partial charge >= 0.3 is 0 Å². The van der Waals surface area contributed by atoms with E-state index in [2.05, 4.69) is 0 Å². The molecule has 5 heteroatoms. The number of allylic oxidation sites excluding steroid dienone is 1. The summed E-state index contributed by atoms with van der Waals surface area (Å²) in [4.78, 5) is 27.0. The molecule has 4 rings (SSSR count). The van der Waals surface area contributed by atoms with E-state index in [9.17, 15) is 9.59 Å². The fourth-order valence-electron chi connectivity index (χ4n) is 3.49. The lowest BCUT2D eigenvalue weighted by Gasteiger charge is -2.35. The average molecular weight is 327 g/mol. The second kappa shape index (κ2) is 5.65. The molecule has 1 aromatic rings. The van der Waals surface area contributed by atoms with Crippen LogP contribution in [0.25, 0.3) is 0 Å². The van der Waals surface area contributed by atoms with E-state index in [1.54, 1.807) is 18.8 Å². The Morgan fingerprint density at radius 2 is 1.96 bits per heavy atom. The first kappa shape index (κ1) is 14.7. The summed E-state index contributed by atoms with van der Waals surface area (Å²) < 4.78 is 6.18. The smallest absolute Gasteiger partial charge is 0.235 e. The molecule has 3 aliphatic rings. The third-order valence-electron chi connectivity index (χ3n) is 4.68. The molecule has 2 amide bonds. The molecule has 0 bridgehead atoms. The van der Waals surface area contributed by atoms with Gasteiger partial charge in [0.05, 0.1) is 17.9 Å². The number of imide groups is 1. The Kier molecular flexibility index (Phi) is 3.62. The second-order valence-electron chi connectivity index (χ2n) is 6.02.